The largest absolute Gasteiger partial charge is 0.307 e. The summed E-state index contributed by atoms with van der Waals surface area (Å²) in [5.74, 6) is 5.27. The summed E-state index contributed by atoms with van der Waals surface area (Å²) in [6.07, 6.45) is 5.42. The number of anilines is 2. The Morgan fingerprint density at radius 1 is 1.22 bits per heavy atom. The predicted molar refractivity (Wildman–Crippen MR) is 64.9 cm³/mol. The molecule has 18 heavy (non-hydrogen) atoms. The van der Waals surface area contributed by atoms with E-state index >= 15 is 0 Å². The minimum Gasteiger partial charge on any atom is -0.307 e. The molecule has 0 saturated heterocycles. The standard InChI is InChI=1S/C9H10N6O2S/c10-14-9-8(2-1-3-13-9)18(16,17)15-7-4-11-6-12-5-7/h1-6,15H,10H2,(H,13,14). The first-order valence-electron chi connectivity index (χ1n) is 4.83. The van der Waals surface area contributed by atoms with Gasteiger partial charge in [0.05, 0.1) is 18.1 Å². The van der Waals surface area contributed by atoms with Crippen LogP contribution in [0.1, 0.15) is 0 Å². The topological polar surface area (TPSA) is 123 Å². The molecule has 0 atom stereocenters. The number of hydrogen-bond acceptors (Lipinski definition) is 7. The van der Waals surface area contributed by atoms with Crippen molar-refractivity contribution in [3.63, 3.8) is 0 Å². The second-order valence-electron chi connectivity index (χ2n) is 3.23. The lowest BCUT2D eigenvalue weighted by molar-refractivity contribution is 0.601. The van der Waals surface area contributed by atoms with Crippen molar-refractivity contribution in [1.29, 1.82) is 0 Å². The van der Waals surface area contributed by atoms with Crippen molar-refractivity contribution in [2.75, 3.05) is 10.1 Å². The lowest BCUT2D eigenvalue weighted by atomic mass is 10.5. The number of aromatic nitrogens is 3. The number of hydrazine groups is 1. The number of rotatable bonds is 4. The third kappa shape index (κ3) is 2.52. The first-order chi connectivity index (χ1) is 8.63. The van der Waals surface area contributed by atoms with E-state index < -0.39 is 10.0 Å². The van der Waals surface area contributed by atoms with Crippen molar-refractivity contribution >= 4 is 21.5 Å². The molecule has 2 rings (SSSR count). The van der Waals surface area contributed by atoms with Gasteiger partial charge in [-0.2, -0.15) is 0 Å². The van der Waals surface area contributed by atoms with Crippen LogP contribution in [0.3, 0.4) is 0 Å². The third-order valence-electron chi connectivity index (χ3n) is 2.01. The Bertz CT molecular complexity index is 631. The van der Waals surface area contributed by atoms with Gasteiger partial charge in [0.25, 0.3) is 10.0 Å². The highest BCUT2D eigenvalue weighted by Gasteiger charge is 2.19. The van der Waals surface area contributed by atoms with Gasteiger partial charge in [0.2, 0.25) is 0 Å². The molecule has 8 nitrogen and oxygen atoms in total. The van der Waals surface area contributed by atoms with Crippen molar-refractivity contribution in [3.05, 3.63) is 37.1 Å². The lowest BCUT2D eigenvalue weighted by Gasteiger charge is -2.10. The van der Waals surface area contributed by atoms with Crippen LogP contribution in [-0.4, -0.2) is 23.4 Å². The van der Waals surface area contributed by atoms with E-state index in [0.717, 1.165) is 0 Å². The summed E-state index contributed by atoms with van der Waals surface area (Å²) in [6.45, 7) is 0. The average Bonchev–Trinajstić information content (AvgIpc) is 2.39. The molecule has 2 aromatic rings. The van der Waals surface area contributed by atoms with Crippen LogP contribution in [0, 0.1) is 0 Å². The molecule has 9 heteroatoms. The molecule has 0 radical (unpaired) electrons. The smallest absolute Gasteiger partial charge is 0.265 e. The van der Waals surface area contributed by atoms with Gasteiger partial charge in [0.1, 0.15) is 11.2 Å². The van der Waals surface area contributed by atoms with Gasteiger partial charge in [-0.15, -0.1) is 0 Å². The average molecular weight is 266 g/mol. The molecule has 0 fully saturated rings. The highest BCUT2D eigenvalue weighted by molar-refractivity contribution is 7.92. The summed E-state index contributed by atoms with van der Waals surface area (Å²) in [5.41, 5.74) is 2.48. The monoisotopic (exact) mass is 266 g/mol. The Labute approximate surface area is 103 Å². The van der Waals surface area contributed by atoms with E-state index in [1.165, 1.54) is 37.1 Å². The Hall–Kier alpha value is -2.26. The van der Waals surface area contributed by atoms with Gasteiger partial charge in [-0.25, -0.2) is 29.2 Å². The van der Waals surface area contributed by atoms with Crippen LogP contribution in [-0.2, 0) is 10.0 Å². The van der Waals surface area contributed by atoms with Crippen LogP contribution in [0.15, 0.2) is 41.9 Å². The van der Waals surface area contributed by atoms with E-state index in [1.807, 2.05) is 0 Å². The maximum absolute atomic E-state index is 12.1. The normalized spacial score (nSPS) is 10.9. The van der Waals surface area contributed by atoms with Crippen LogP contribution in [0.2, 0.25) is 0 Å². The fourth-order valence-corrected chi connectivity index (χ4v) is 2.43. The van der Waals surface area contributed by atoms with E-state index in [-0.39, 0.29) is 16.4 Å². The number of nitrogens with two attached hydrogens (primary N) is 1. The molecule has 0 aliphatic heterocycles. The first kappa shape index (κ1) is 12.2. The third-order valence-corrected chi connectivity index (χ3v) is 3.42. The summed E-state index contributed by atoms with van der Waals surface area (Å²) < 4.78 is 26.5. The maximum Gasteiger partial charge on any atom is 0.265 e. The highest BCUT2D eigenvalue weighted by atomic mass is 32.2. The van der Waals surface area contributed by atoms with Crippen LogP contribution >= 0.6 is 0 Å². The minimum atomic E-state index is -3.79. The molecular formula is C9H10N6O2S. The fraction of sp³-hybridized carbons (Fsp3) is 0. The number of pyridine rings is 1. The molecule has 0 saturated carbocycles. The van der Waals surface area contributed by atoms with Crippen molar-refractivity contribution in [3.8, 4) is 0 Å². The fourth-order valence-electron chi connectivity index (χ4n) is 1.28. The Balaban J connectivity index is 2.37. The van der Waals surface area contributed by atoms with Gasteiger partial charge < -0.3 is 5.43 Å². The number of hydrogen-bond donors (Lipinski definition) is 3. The SMILES string of the molecule is NNc1ncccc1S(=O)(=O)Nc1cncnc1. The van der Waals surface area contributed by atoms with Gasteiger partial charge in [0.15, 0.2) is 5.82 Å². The van der Waals surface area contributed by atoms with Crippen molar-refractivity contribution in [2.45, 2.75) is 4.90 Å². The molecule has 0 amide bonds. The minimum absolute atomic E-state index is 0.0573. The van der Waals surface area contributed by atoms with Gasteiger partial charge in [-0.1, -0.05) is 0 Å². The van der Waals surface area contributed by atoms with Crippen LogP contribution in [0.25, 0.3) is 0 Å². The molecule has 4 N–H and O–H groups in total. The maximum atomic E-state index is 12.1. The van der Waals surface area contributed by atoms with E-state index in [0.29, 0.717) is 0 Å². The number of nitrogens with one attached hydrogen (secondary N) is 2. The molecule has 2 aromatic heterocycles. The second kappa shape index (κ2) is 4.94. The predicted octanol–water partition coefficient (Wildman–Crippen LogP) is -0.0420. The summed E-state index contributed by atoms with van der Waals surface area (Å²) in [6, 6.07) is 2.88. The molecule has 0 aromatic carbocycles. The molecule has 94 valence electrons. The number of nitrogen functional groups attached to an aromatic ring is 1. The number of sulfonamides is 1. The Morgan fingerprint density at radius 3 is 2.61 bits per heavy atom. The summed E-state index contributed by atoms with van der Waals surface area (Å²) in [4.78, 5) is 11.2. The van der Waals surface area contributed by atoms with Crippen LogP contribution in [0.4, 0.5) is 11.5 Å². The van der Waals surface area contributed by atoms with Crippen molar-refractivity contribution in [1.82, 2.24) is 15.0 Å². The molecule has 0 aliphatic carbocycles. The first-order valence-corrected chi connectivity index (χ1v) is 6.31. The molecular weight excluding hydrogens is 256 g/mol. The molecule has 2 heterocycles. The number of nitrogens with zero attached hydrogens (tertiary/aromatic N) is 3. The summed E-state index contributed by atoms with van der Waals surface area (Å²) in [5, 5.41) is 0. The molecule has 0 spiro atoms. The zero-order valence-corrected chi connectivity index (χ0v) is 9.92. The lowest BCUT2D eigenvalue weighted by Crippen LogP contribution is -2.18. The van der Waals surface area contributed by atoms with Gasteiger partial charge in [-0.05, 0) is 12.1 Å². The van der Waals surface area contributed by atoms with E-state index in [2.05, 4.69) is 25.1 Å². The van der Waals surface area contributed by atoms with Crippen molar-refractivity contribution in [2.24, 2.45) is 5.84 Å². The zero-order valence-electron chi connectivity index (χ0n) is 9.11. The summed E-state index contributed by atoms with van der Waals surface area (Å²) >= 11 is 0. The van der Waals surface area contributed by atoms with Crippen molar-refractivity contribution < 1.29 is 8.42 Å². The van der Waals surface area contributed by atoms with Gasteiger partial charge in [0, 0.05) is 6.20 Å². The summed E-state index contributed by atoms with van der Waals surface area (Å²) in [7, 11) is -3.79. The molecule has 0 unspecified atom stereocenters. The highest BCUT2D eigenvalue weighted by Crippen LogP contribution is 2.19. The van der Waals surface area contributed by atoms with Crippen LogP contribution in [0.5, 0.6) is 0 Å². The zero-order chi connectivity index (χ0) is 13.0. The molecule has 0 aliphatic rings. The molecule has 0 bridgehead atoms. The van der Waals surface area contributed by atoms with Crippen LogP contribution < -0.4 is 16.0 Å². The van der Waals surface area contributed by atoms with E-state index in [4.69, 9.17) is 5.84 Å². The van der Waals surface area contributed by atoms with E-state index in [1.54, 1.807) is 0 Å². The quantitative estimate of drug-likeness (QED) is 0.524. The Morgan fingerprint density at radius 2 is 1.94 bits per heavy atom. The van der Waals surface area contributed by atoms with E-state index in [9.17, 15) is 8.42 Å². The Kier molecular flexibility index (Phi) is 3.35. The van der Waals surface area contributed by atoms with Gasteiger partial charge in [-0.3, -0.25) is 4.72 Å². The van der Waals surface area contributed by atoms with Gasteiger partial charge >= 0.3 is 0 Å². The second-order valence-corrected chi connectivity index (χ2v) is 4.88.